The quantitative estimate of drug-likeness (QED) is 0.463. The normalized spacial score (nSPS) is 20.3. The molecule has 1 aliphatic rings. The van der Waals surface area contributed by atoms with Crippen molar-refractivity contribution in [3.05, 3.63) is 23.3 Å². The van der Waals surface area contributed by atoms with Crippen LogP contribution < -0.4 is 5.32 Å². The Bertz CT molecular complexity index is 520. The Morgan fingerprint density at radius 2 is 1.88 bits per heavy atom. The SMILES string of the molecule is CCC(CC)CCNCCCCC1=CC(C)(C(=O)O)CC(C(=O)O)=C1. The number of unbranched alkanes of at least 4 members (excludes halogenated alkanes) is 1. The van der Waals surface area contributed by atoms with E-state index in [2.05, 4.69) is 19.2 Å². The van der Waals surface area contributed by atoms with Crippen molar-refractivity contribution in [1.82, 2.24) is 5.32 Å². The fourth-order valence-corrected chi connectivity index (χ4v) is 3.30. The third-order valence-electron chi connectivity index (χ3n) is 5.14. The Morgan fingerprint density at radius 3 is 2.44 bits per heavy atom. The molecule has 0 aromatic heterocycles. The molecule has 0 amide bonds. The molecule has 1 atom stereocenters. The first kappa shape index (κ1) is 21.4. The van der Waals surface area contributed by atoms with Gasteiger partial charge in [-0.05, 0) is 64.1 Å². The summed E-state index contributed by atoms with van der Waals surface area (Å²) in [6.07, 6.45) is 9.71. The first-order valence-electron chi connectivity index (χ1n) is 9.42. The summed E-state index contributed by atoms with van der Waals surface area (Å²) in [5.74, 6) is -1.20. The molecule has 0 aliphatic heterocycles. The number of carboxylic acids is 2. The third kappa shape index (κ3) is 7.02. The van der Waals surface area contributed by atoms with Crippen molar-refractivity contribution < 1.29 is 19.8 Å². The molecular weight excluding hydrogens is 318 g/mol. The van der Waals surface area contributed by atoms with Crippen molar-refractivity contribution in [3.8, 4) is 0 Å². The monoisotopic (exact) mass is 351 g/mol. The fourth-order valence-electron chi connectivity index (χ4n) is 3.30. The van der Waals surface area contributed by atoms with E-state index in [-0.39, 0.29) is 12.0 Å². The largest absolute Gasteiger partial charge is 0.481 e. The van der Waals surface area contributed by atoms with Crippen LogP contribution in [0, 0.1) is 11.3 Å². The molecule has 3 N–H and O–H groups in total. The van der Waals surface area contributed by atoms with Gasteiger partial charge in [0.15, 0.2) is 0 Å². The van der Waals surface area contributed by atoms with Crippen LogP contribution in [0.3, 0.4) is 0 Å². The maximum absolute atomic E-state index is 11.5. The standard InChI is InChI=1S/C20H33NO4/c1-4-15(5-2)9-11-21-10-7-6-8-16-12-17(18(22)23)14-20(3,13-16)19(24)25/h12-13,15,21H,4-11,14H2,1-3H3,(H,22,23)(H,24,25). The van der Waals surface area contributed by atoms with Crippen molar-refractivity contribution in [2.75, 3.05) is 13.1 Å². The molecule has 0 radical (unpaired) electrons. The summed E-state index contributed by atoms with van der Waals surface area (Å²) in [6.45, 7) is 8.03. The van der Waals surface area contributed by atoms with Gasteiger partial charge in [0.2, 0.25) is 0 Å². The number of nitrogens with one attached hydrogen (secondary N) is 1. The first-order valence-corrected chi connectivity index (χ1v) is 9.42. The Labute approximate surface area is 151 Å². The van der Waals surface area contributed by atoms with Crippen LogP contribution in [-0.4, -0.2) is 35.2 Å². The number of allylic oxidation sites excluding steroid dienone is 2. The number of carbonyl (C=O) groups is 2. The first-order chi connectivity index (χ1) is 11.8. The second kappa shape index (κ2) is 10.4. The smallest absolute Gasteiger partial charge is 0.331 e. The molecule has 0 bridgehead atoms. The summed E-state index contributed by atoms with van der Waals surface area (Å²) in [6, 6.07) is 0. The van der Waals surface area contributed by atoms with E-state index in [4.69, 9.17) is 0 Å². The van der Waals surface area contributed by atoms with E-state index in [1.54, 1.807) is 19.1 Å². The molecule has 0 saturated carbocycles. The highest BCUT2D eigenvalue weighted by Crippen LogP contribution is 2.35. The fraction of sp³-hybridized carbons (Fsp3) is 0.700. The molecule has 0 aromatic rings. The highest BCUT2D eigenvalue weighted by atomic mass is 16.4. The molecular formula is C20H33NO4. The van der Waals surface area contributed by atoms with Crippen LogP contribution in [-0.2, 0) is 9.59 Å². The number of aliphatic carboxylic acids is 2. The summed E-state index contributed by atoms with van der Waals surface area (Å²) >= 11 is 0. The lowest BCUT2D eigenvalue weighted by Crippen LogP contribution is -2.29. The van der Waals surface area contributed by atoms with E-state index in [1.807, 2.05) is 0 Å². The van der Waals surface area contributed by atoms with Gasteiger partial charge in [0.05, 0.1) is 5.41 Å². The van der Waals surface area contributed by atoms with Crippen molar-refractivity contribution in [2.45, 2.75) is 65.7 Å². The van der Waals surface area contributed by atoms with Gasteiger partial charge in [0.25, 0.3) is 0 Å². The zero-order chi connectivity index (χ0) is 18.9. The molecule has 25 heavy (non-hydrogen) atoms. The van der Waals surface area contributed by atoms with Gasteiger partial charge in [0.1, 0.15) is 0 Å². The summed E-state index contributed by atoms with van der Waals surface area (Å²) in [5, 5.41) is 22.1. The van der Waals surface area contributed by atoms with E-state index < -0.39 is 17.4 Å². The Kier molecular flexibility index (Phi) is 8.90. The van der Waals surface area contributed by atoms with Gasteiger partial charge in [-0.2, -0.15) is 0 Å². The van der Waals surface area contributed by atoms with Gasteiger partial charge in [-0.1, -0.05) is 38.3 Å². The Morgan fingerprint density at radius 1 is 1.20 bits per heavy atom. The highest BCUT2D eigenvalue weighted by molar-refractivity contribution is 5.90. The van der Waals surface area contributed by atoms with Crippen LogP contribution in [0.5, 0.6) is 0 Å². The van der Waals surface area contributed by atoms with Crippen LogP contribution in [0.15, 0.2) is 23.3 Å². The molecule has 5 nitrogen and oxygen atoms in total. The predicted molar refractivity (Wildman–Crippen MR) is 99.6 cm³/mol. The lowest BCUT2D eigenvalue weighted by Gasteiger charge is -2.26. The van der Waals surface area contributed by atoms with Crippen molar-refractivity contribution >= 4 is 11.9 Å². The number of rotatable bonds is 12. The minimum absolute atomic E-state index is 0.0404. The molecule has 142 valence electrons. The van der Waals surface area contributed by atoms with Crippen molar-refractivity contribution in [3.63, 3.8) is 0 Å². The summed E-state index contributed by atoms with van der Waals surface area (Å²) in [5.41, 5.74) is -0.109. The van der Waals surface area contributed by atoms with Crippen molar-refractivity contribution in [2.24, 2.45) is 11.3 Å². The van der Waals surface area contributed by atoms with Gasteiger partial charge >= 0.3 is 11.9 Å². The van der Waals surface area contributed by atoms with Gasteiger partial charge in [-0.3, -0.25) is 4.79 Å². The molecule has 0 spiro atoms. The molecule has 1 aliphatic carbocycles. The lowest BCUT2D eigenvalue weighted by atomic mass is 9.77. The zero-order valence-electron chi connectivity index (χ0n) is 15.8. The van der Waals surface area contributed by atoms with Gasteiger partial charge in [-0.25, -0.2) is 4.79 Å². The maximum Gasteiger partial charge on any atom is 0.331 e. The molecule has 0 fully saturated rings. The average Bonchev–Trinajstić information content (AvgIpc) is 2.57. The Hall–Kier alpha value is -1.62. The topological polar surface area (TPSA) is 86.6 Å². The van der Waals surface area contributed by atoms with E-state index in [0.29, 0.717) is 6.42 Å². The molecule has 1 unspecified atom stereocenters. The second-order valence-electron chi connectivity index (χ2n) is 7.27. The number of hydrogen-bond donors (Lipinski definition) is 3. The zero-order valence-corrected chi connectivity index (χ0v) is 15.8. The summed E-state index contributed by atoms with van der Waals surface area (Å²) in [4.78, 5) is 22.7. The van der Waals surface area contributed by atoms with Crippen LogP contribution in [0.25, 0.3) is 0 Å². The van der Waals surface area contributed by atoms with Crippen LogP contribution in [0.2, 0.25) is 0 Å². The van der Waals surface area contributed by atoms with Gasteiger partial charge in [-0.15, -0.1) is 0 Å². The lowest BCUT2D eigenvalue weighted by molar-refractivity contribution is -0.145. The molecule has 1 rings (SSSR count). The minimum Gasteiger partial charge on any atom is -0.481 e. The predicted octanol–water partition coefficient (Wildman–Crippen LogP) is 4.00. The maximum atomic E-state index is 11.5. The van der Waals surface area contributed by atoms with Crippen LogP contribution in [0.4, 0.5) is 0 Å². The second-order valence-corrected chi connectivity index (χ2v) is 7.27. The van der Waals surface area contributed by atoms with Crippen LogP contribution in [0.1, 0.15) is 65.7 Å². The van der Waals surface area contributed by atoms with Crippen LogP contribution >= 0.6 is 0 Å². The molecule has 0 saturated heterocycles. The van der Waals surface area contributed by atoms with Gasteiger partial charge in [0, 0.05) is 5.57 Å². The summed E-state index contributed by atoms with van der Waals surface area (Å²) in [7, 11) is 0. The number of hydrogen-bond acceptors (Lipinski definition) is 3. The molecule has 0 aromatic carbocycles. The third-order valence-corrected chi connectivity index (χ3v) is 5.14. The molecule has 5 heteroatoms. The highest BCUT2D eigenvalue weighted by Gasteiger charge is 2.36. The van der Waals surface area contributed by atoms with E-state index in [1.165, 1.54) is 19.3 Å². The summed E-state index contributed by atoms with van der Waals surface area (Å²) < 4.78 is 0. The van der Waals surface area contributed by atoms with E-state index in [0.717, 1.165) is 37.4 Å². The Balaban J connectivity index is 2.41. The van der Waals surface area contributed by atoms with E-state index >= 15 is 0 Å². The number of carboxylic acid groups (broad SMARTS) is 2. The van der Waals surface area contributed by atoms with Gasteiger partial charge < -0.3 is 15.5 Å². The minimum atomic E-state index is -1.12. The average molecular weight is 351 g/mol. The van der Waals surface area contributed by atoms with Crippen molar-refractivity contribution in [1.29, 1.82) is 0 Å². The molecule has 0 heterocycles. The van der Waals surface area contributed by atoms with E-state index in [9.17, 15) is 19.8 Å².